The topological polar surface area (TPSA) is 66.6 Å². The molecule has 2 aromatic carbocycles. The zero-order chi connectivity index (χ0) is 24.7. The number of carbonyl (C=O) groups is 2. The zero-order valence-corrected chi connectivity index (χ0v) is 20.1. The van der Waals surface area contributed by atoms with Gasteiger partial charge in [-0.25, -0.2) is 8.78 Å². The van der Waals surface area contributed by atoms with E-state index in [0.29, 0.717) is 29.9 Å². The number of halogens is 2. The Hall–Kier alpha value is -2.80. The molecule has 4 saturated carbocycles. The fourth-order valence-electron chi connectivity index (χ4n) is 7.39. The molecule has 0 aromatic heterocycles. The first-order chi connectivity index (χ1) is 16.7. The molecular weight excluding hydrogens is 448 g/mol. The third-order valence-electron chi connectivity index (χ3n) is 8.39. The molecule has 4 fully saturated rings. The van der Waals surface area contributed by atoms with Crippen molar-refractivity contribution >= 4 is 11.8 Å². The Balaban J connectivity index is 1.42. The number of nitrogens with two attached hydrogens (primary N) is 1. The van der Waals surface area contributed by atoms with Crippen LogP contribution in [0.15, 0.2) is 48.5 Å². The molecule has 0 radical (unpaired) electrons. The molecule has 7 heteroatoms. The summed E-state index contributed by atoms with van der Waals surface area (Å²) < 4.78 is 27.4. The summed E-state index contributed by atoms with van der Waals surface area (Å²) in [5, 5.41) is 0. The summed E-state index contributed by atoms with van der Waals surface area (Å²) in [6.07, 6.45) is 6.75. The molecule has 2 amide bonds. The highest BCUT2D eigenvalue weighted by Crippen LogP contribution is 2.58. The van der Waals surface area contributed by atoms with Crippen molar-refractivity contribution in [3.05, 3.63) is 71.3 Å². The summed E-state index contributed by atoms with van der Waals surface area (Å²) in [6.45, 7) is 0.382. The van der Waals surface area contributed by atoms with Crippen LogP contribution < -0.4 is 5.73 Å². The van der Waals surface area contributed by atoms with Gasteiger partial charge in [0.05, 0.1) is 6.54 Å². The largest absolute Gasteiger partial charge is 0.368 e. The Kier molecular flexibility index (Phi) is 6.38. The van der Waals surface area contributed by atoms with E-state index in [0.717, 1.165) is 24.8 Å². The van der Waals surface area contributed by atoms with Gasteiger partial charge in [0.1, 0.15) is 17.7 Å². The van der Waals surface area contributed by atoms with Gasteiger partial charge >= 0.3 is 0 Å². The van der Waals surface area contributed by atoms with Crippen LogP contribution in [-0.4, -0.2) is 40.7 Å². The lowest BCUT2D eigenvalue weighted by Crippen LogP contribution is -2.62. The molecule has 0 saturated heterocycles. The molecule has 6 rings (SSSR count). The lowest BCUT2D eigenvalue weighted by Gasteiger charge is -2.60. The van der Waals surface area contributed by atoms with Crippen LogP contribution >= 0.6 is 0 Å². The summed E-state index contributed by atoms with van der Waals surface area (Å²) in [4.78, 5) is 29.9. The smallest absolute Gasteiger partial charge is 0.239 e. The molecule has 2 aromatic rings. The lowest BCUT2D eigenvalue weighted by molar-refractivity contribution is -0.154. The molecular formula is C28H33F2N3O2. The van der Waals surface area contributed by atoms with E-state index < -0.39 is 17.8 Å². The van der Waals surface area contributed by atoms with Crippen molar-refractivity contribution in [3.8, 4) is 0 Å². The molecule has 35 heavy (non-hydrogen) atoms. The van der Waals surface area contributed by atoms with E-state index >= 15 is 0 Å². The molecule has 186 valence electrons. The summed E-state index contributed by atoms with van der Waals surface area (Å²) in [5.41, 5.74) is 6.79. The van der Waals surface area contributed by atoms with E-state index in [4.69, 9.17) is 5.73 Å². The van der Waals surface area contributed by atoms with Crippen molar-refractivity contribution in [2.75, 3.05) is 13.6 Å². The third kappa shape index (κ3) is 4.83. The van der Waals surface area contributed by atoms with Gasteiger partial charge in [-0.1, -0.05) is 24.3 Å². The fraction of sp³-hybridized carbons (Fsp3) is 0.500. The lowest BCUT2D eigenvalue weighted by atomic mass is 9.52. The van der Waals surface area contributed by atoms with Crippen LogP contribution in [0.25, 0.3) is 0 Å². The van der Waals surface area contributed by atoms with E-state index in [1.54, 1.807) is 30.1 Å². The van der Waals surface area contributed by atoms with Crippen molar-refractivity contribution in [1.29, 1.82) is 0 Å². The maximum Gasteiger partial charge on any atom is 0.239 e. The highest BCUT2D eigenvalue weighted by atomic mass is 19.1. The van der Waals surface area contributed by atoms with E-state index in [1.807, 2.05) is 4.90 Å². The number of benzene rings is 2. The van der Waals surface area contributed by atoms with Gasteiger partial charge in [-0.3, -0.25) is 14.5 Å². The van der Waals surface area contributed by atoms with Crippen molar-refractivity contribution < 1.29 is 18.4 Å². The highest BCUT2D eigenvalue weighted by Gasteiger charge is 2.54. The van der Waals surface area contributed by atoms with Crippen molar-refractivity contribution in [2.24, 2.45) is 23.5 Å². The molecule has 0 heterocycles. The van der Waals surface area contributed by atoms with E-state index in [2.05, 4.69) is 0 Å². The van der Waals surface area contributed by atoms with Crippen molar-refractivity contribution in [1.82, 2.24) is 9.80 Å². The van der Waals surface area contributed by atoms with Crippen LogP contribution in [0.5, 0.6) is 0 Å². The maximum absolute atomic E-state index is 13.9. The molecule has 4 aliphatic rings. The van der Waals surface area contributed by atoms with Crippen molar-refractivity contribution in [3.63, 3.8) is 0 Å². The number of likely N-dealkylation sites (N-methyl/N-ethyl adjacent to an activating group) is 1. The minimum atomic E-state index is -0.918. The predicted octanol–water partition coefficient (Wildman–Crippen LogP) is 4.42. The summed E-state index contributed by atoms with van der Waals surface area (Å²) in [7, 11) is 1.67. The Morgan fingerprint density at radius 2 is 1.57 bits per heavy atom. The quantitative estimate of drug-likeness (QED) is 0.607. The zero-order valence-electron chi connectivity index (χ0n) is 20.1. The molecule has 1 unspecified atom stereocenters. The monoisotopic (exact) mass is 481 g/mol. The average Bonchev–Trinajstić information content (AvgIpc) is 2.77. The van der Waals surface area contributed by atoms with Gasteiger partial charge in [0.25, 0.3) is 0 Å². The molecule has 0 spiro atoms. The van der Waals surface area contributed by atoms with Crippen LogP contribution in [0.4, 0.5) is 8.78 Å². The number of nitrogens with zero attached hydrogens (tertiary/aromatic N) is 2. The second-order valence-electron chi connectivity index (χ2n) is 11.0. The second kappa shape index (κ2) is 9.34. The highest BCUT2D eigenvalue weighted by molar-refractivity contribution is 5.84. The van der Waals surface area contributed by atoms with E-state index in [1.165, 1.54) is 49.6 Å². The Morgan fingerprint density at radius 1 is 0.971 bits per heavy atom. The van der Waals surface area contributed by atoms with Crippen LogP contribution in [0.1, 0.15) is 55.7 Å². The molecule has 5 nitrogen and oxygen atoms in total. The maximum atomic E-state index is 13.9. The van der Waals surface area contributed by atoms with E-state index in [9.17, 15) is 18.4 Å². The first kappa shape index (κ1) is 23.9. The van der Waals surface area contributed by atoms with Crippen LogP contribution in [-0.2, 0) is 16.1 Å². The van der Waals surface area contributed by atoms with Crippen molar-refractivity contribution in [2.45, 2.75) is 56.7 Å². The summed E-state index contributed by atoms with van der Waals surface area (Å²) >= 11 is 0. The number of rotatable bonds is 8. The third-order valence-corrected chi connectivity index (χ3v) is 8.39. The molecule has 4 aliphatic carbocycles. The summed E-state index contributed by atoms with van der Waals surface area (Å²) in [5.74, 6) is 0.460. The van der Waals surface area contributed by atoms with Gasteiger partial charge in [0, 0.05) is 12.1 Å². The van der Waals surface area contributed by atoms with Crippen LogP contribution in [0, 0.1) is 29.4 Å². The minimum absolute atomic E-state index is 0.0208. The molecule has 2 N–H and O–H groups in total. The summed E-state index contributed by atoms with van der Waals surface area (Å²) in [6, 6.07) is 11.2. The fourth-order valence-corrected chi connectivity index (χ4v) is 7.39. The van der Waals surface area contributed by atoms with Gasteiger partial charge in [-0.05, 0) is 98.7 Å². The minimum Gasteiger partial charge on any atom is -0.368 e. The van der Waals surface area contributed by atoms with E-state index in [-0.39, 0.29) is 23.8 Å². The normalized spacial score (nSPS) is 27.7. The number of amides is 2. The van der Waals surface area contributed by atoms with Gasteiger partial charge < -0.3 is 10.6 Å². The first-order valence-corrected chi connectivity index (χ1v) is 12.5. The van der Waals surface area contributed by atoms with Gasteiger partial charge in [0.2, 0.25) is 11.8 Å². The van der Waals surface area contributed by atoms with Crippen LogP contribution in [0.2, 0.25) is 0 Å². The van der Waals surface area contributed by atoms with Crippen LogP contribution in [0.3, 0.4) is 0 Å². The van der Waals surface area contributed by atoms with Gasteiger partial charge in [0.15, 0.2) is 0 Å². The SMILES string of the molecule is CN(CC(=O)N(Cc1ccc(F)cc1)C12CC3CC(CC(C3)C1)C2)C(C(N)=O)c1cccc(F)c1. The molecule has 0 aliphatic heterocycles. The first-order valence-electron chi connectivity index (χ1n) is 12.5. The number of hydrogen-bond acceptors (Lipinski definition) is 3. The van der Waals surface area contributed by atoms with Gasteiger partial charge in [-0.15, -0.1) is 0 Å². The predicted molar refractivity (Wildman–Crippen MR) is 129 cm³/mol. The number of hydrogen-bond donors (Lipinski definition) is 1. The molecule has 1 atom stereocenters. The average molecular weight is 482 g/mol. The Labute approximate surface area is 205 Å². The van der Waals surface area contributed by atoms with Gasteiger partial charge in [-0.2, -0.15) is 0 Å². The Morgan fingerprint density at radius 3 is 2.11 bits per heavy atom. The molecule has 4 bridgehead atoms. The Bertz CT molecular complexity index is 1070. The standard InChI is InChI=1S/C28H33F2N3O2/c1-32(26(27(31)35)22-3-2-4-24(30)12-22)17-25(34)33(16-18-5-7-23(29)8-6-18)28-13-19-9-20(14-28)11-21(10-19)15-28/h2-8,12,19-21,26H,9-11,13-17H2,1H3,(H2,31,35). The number of primary amides is 1. The number of carbonyl (C=O) groups excluding carboxylic acids is 2. The second-order valence-corrected chi connectivity index (χ2v) is 11.0.